The number of aliphatic imine (C=N–C) groups is 1. The molecule has 0 saturated carbocycles. The largest absolute Gasteiger partial charge is 0.497 e. The van der Waals surface area contributed by atoms with Crippen molar-refractivity contribution in [2.75, 3.05) is 19.5 Å². The summed E-state index contributed by atoms with van der Waals surface area (Å²) in [4.78, 5) is 21.9. The van der Waals surface area contributed by atoms with Crippen LogP contribution < -0.4 is 20.1 Å². The molecule has 0 aliphatic carbocycles. The van der Waals surface area contributed by atoms with Gasteiger partial charge in [0.15, 0.2) is 0 Å². The summed E-state index contributed by atoms with van der Waals surface area (Å²) in [6, 6.07) is 18.7. The van der Waals surface area contributed by atoms with Crippen LogP contribution in [-0.2, 0) is 6.54 Å². The first-order chi connectivity index (χ1) is 15.5. The molecule has 7 nitrogen and oxygen atoms in total. The fraction of sp³-hybridized carbons (Fsp3) is 0.240. The monoisotopic (exact) mass is 432 g/mol. The zero-order valence-corrected chi connectivity index (χ0v) is 18.8. The molecule has 1 amide bonds. The lowest BCUT2D eigenvalue weighted by Crippen LogP contribution is -2.36. The standard InChI is InChI=1S/C25H28N4O3/c1-17(2)18-8-7-10-20(12-18)28-25(27-16-21-9-5-6-11-26-21)29-24(30)19-13-22(31-3)15-23(14-19)32-4/h5-15,17H,16H2,1-4H3,(H2,27,28,29,30). The van der Waals surface area contributed by atoms with Crippen LogP contribution in [0, 0.1) is 0 Å². The number of rotatable bonds is 7. The van der Waals surface area contributed by atoms with Gasteiger partial charge in [0.05, 0.1) is 26.5 Å². The highest BCUT2D eigenvalue weighted by Crippen LogP contribution is 2.22. The van der Waals surface area contributed by atoms with Crippen molar-refractivity contribution in [3.05, 3.63) is 83.7 Å². The van der Waals surface area contributed by atoms with Crippen molar-refractivity contribution < 1.29 is 14.3 Å². The minimum atomic E-state index is -0.338. The third-order valence-electron chi connectivity index (χ3n) is 4.79. The number of nitrogens with one attached hydrogen (secondary N) is 2. The lowest BCUT2D eigenvalue weighted by atomic mass is 10.0. The van der Waals surface area contributed by atoms with E-state index in [2.05, 4.69) is 40.5 Å². The normalized spacial score (nSPS) is 11.2. The molecular formula is C25H28N4O3. The number of hydrogen-bond donors (Lipinski definition) is 2. The van der Waals surface area contributed by atoms with Gasteiger partial charge in [0.1, 0.15) is 11.5 Å². The summed E-state index contributed by atoms with van der Waals surface area (Å²) in [5.74, 6) is 1.42. The number of amides is 1. The van der Waals surface area contributed by atoms with Gasteiger partial charge in [-0.05, 0) is 47.9 Å². The molecule has 0 radical (unpaired) electrons. The lowest BCUT2D eigenvalue weighted by molar-refractivity contribution is 0.0976. The molecule has 32 heavy (non-hydrogen) atoms. The molecule has 0 spiro atoms. The van der Waals surface area contributed by atoms with Gasteiger partial charge in [0.2, 0.25) is 5.96 Å². The van der Waals surface area contributed by atoms with Crippen LogP contribution in [0.25, 0.3) is 0 Å². The number of pyridine rings is 1. The first-order valence-corrected chi connectivity index (χ1v) is 10.3. The zero-order chi connectivity index (χ0) is 22.9. The Hall–Kier alpha value is -3.87. The van der Waals surface area contributed by atoms with Crippen LogP contribution in [0.15, 0.2) is 71.9 Å². The molecule has 0 bridgehead atoms. The number of guanidine groups is 1. The van der Waals surface area contributed by atoms with E-state index >= 15 is 0 Å². The van der Waals surface area contributed by atoms with Gasteiger partial charge in [-0.25, -0.2) is 4.99 Å². The van der Waals surface area contributed by atoms with E-state index in [4.69, 9.17) is 9.47 Å². The Morgan fingerprint density at radius 2 is 1.75 bits per heavy atom. The van der Waals surface area contributed by atoms with E-state index in [0.717, 1.165) is 11.4 Å². The molecule has 2 aromatic carbocycles. The van der Waals surface area contributed by atoms with Crippen LogP contribution in [0.5, 0.6) is 11.5 Å². The van der Waals surface area contributed by atoms with E-state index in [-0.39, 0.29) is 5.91 Å². The number of aromatic nitrogens is 1. The van der Waals surface area contributed by atoms with Gasteiger partial charge in [0, 0.05) is 23.5 Å². The number of ether oxygens (including phenoxy) is 2. The minimum Gasteiger partial charge on any atom is -0.497 e. The van der Waals surface area contributed by atoms with E-state index in [1.165, 1.54) is 5.56 Å². The Labute approximate surface area is 188 Å². The fourth-order valence-electron chi connectivity index (χ4n) is 2.99. The third kappa shape index (κ3) is 6.31. The average Bonchev–Trinajstić information content (AvgIpc) is 2.82. The number of nitrogens with zero attached hydrogens (tertiary/aromatic N) is 2. The molecule has 3 aromatic rings. The van der Waals surface area contributed by atoms with Crippen LogP contribution >= 0.6 is 0 Å². The summed E-state index contributed by atoms with van der Waals surface area (Å²) < 4.78 is 10.5. The molecule has 0 aliphatic heterocycles. The van der Waals surface area contributed by atoms with Gasteiger partial charge in [0.25, 0.3) is 5.91 Å². The molecule has 1 heterocycles. The Bertz CT molecular complexity index is 1060. The number of benzene rings is 2. The minimum absolute atomic E-state index is 0.314. The molecule has 166 valence electrons. The quantitative estimate of drug-likeness (QED) is 0.420. The van der Waals surface area contributed by atoms with Crippen molar-refractivity contribution in [2.45, 2.75) is 26.3 Å². The van der Waals surface area contributed by atoms with Gasteiger partial charge >= 0.3 is 0 Å². The second-order valence-corrected chi connectivity index (χ2v) is 7.45. The maximum atomic E-state index is 13.0. The molecule has 2 N–H and O–H groups in total. The molecule has 1 aromatic heterocycles. The highest BCUT2D eigenvalue weighted by molar-refractivity contribution is 6.10. The summed E-state index contributed by atoms with van der Waals surface area (Å²) in [6.07, 6.45) is 1.71. The Morgan fingerprint density at radius 1 is 1.00 bits per heavy atom. The Balaban J connectivity index is 1.86. The topological polar surface area (TPSA) is 84.8 Å². The first kappa shape index (κ1) is 22.8. The van der Waals surface area contributed by atoms with E-state index in [1.807, 2.05) is 36.4 Å². The second-order valence-electron chi connectivity index (χ2n) is 7.45. The van der Waals surface area contributed by atoms with Gasteiger partial charge in [-0.3, -0.25) is 15.1 Å². The highest BCUT2D eigenvalue weighted by atomic mass is 16.5. The number of methoxy groups -OCH3 is 2. The van der Waals surface area contributed by atoms with E-state index in [9.17, 15) is 4.79 Å². The summed E-state index contributed by atoms with van der Waals surface area (Å²) in [6.45, 7) is 4.58. The third-order valence-corrected chi connectivity index (χ3v) is 4.79. The van der Waals surface area contributed by atoms with E-state index < -0.39 is 0 Å². The first-order valence-electron chi connectivity index (χ1n) is 10.3. The summed E-state index contributed by atoms with van der Waals surface area (Å²) in [5.41, 5.74) is 3.20. The SMILES string of the molecule is COc1cc(OC)cc(C(=O)NC(=NCc2ccccn2)Nc2cccc(C(C)C)c2)c1. The molecule has 0 unspecified atom stereocenters. The van der Waals surface area contributed by atoms with Crippen LogP contribution in [0.3, 0.4) is 0 Å². The molecule has 0 atom stereocenters. The molecule has 3 rings (SSSR count). The maximum Gasteiger partial charge on any atom is 0.258 e. The molecule has 0 fully saturated rings. The summed E-state index contributed by atoms with van der Waals surface area (Å²) >= 11 is 0. The predicted molar refractivity (Wildman–Crippen MR) is 127 cm³/mol. The van der Waals surface area contributed by atoms with Gasteiger partial charge < -0.3 is 14.8 Å². The average molecular weight is 433 g/mol. The Morgan fingerprint density at radius 3 is 2.38 bits per heavy atom. The summed E-state index contributed by atoms with van der Waals surface area (Å²) in [7, 11) is 3.08. The zero-order valence-electron chi connectivity index (χ0n) is 18.8. The molecule has 7 heteroatoms. The smallest absolute Gasteiger partial charge is 0.258 e. The number of carbonyl (C=O) groups is 1. The van der Waals surface area contributed by atoms with Crippen molar-refractivity contribution in [2.24, 2.45) is 4.99 Å². The molecule has 0 saturated heterocycles. The number of anilines is 1. The van der Waals surface area contributed by atoms with Crippen molar-refractivity contribution in [3.8, 4) is 11.5 Å². The predicted octanol–water partition coefficient (Wildman–Crippen LogP) is 4.62. The van der Waals surface area contributed by atoms with E-state index in [0.29, 0.717) is 35.5 Å². The van der Waals surface area contributed by atoms with Gasteiger partial charge in [-0.2, -0.15) is 0 Å². The van der Waals surface area contributed by atoms with Crippen LogP contribution in [0.2, 0.25) is 0 Å². The van der Waals surface area contributed by atoms with Crippen molar-refractivity contribution in [1.29, 1.82) is 0 Å². The van der Waals surface area contributed by atoms with Gasteiger partial charge in [-0.1, -0.05) is 32.0 Å². The van der Waals surface area contributed by atoms with Crippen molar-refractivity contribution in [1.82, 2.24) is 10.3 Å². The number of hydrogen-bond acceptors (Lipinski definition) is 5. The lowest BCUT2D eigenvalue weighted by Gasteiger charge is -2.14. The second kappa shape index (κ2) is 10.9. The van der Waals surface area contributed by atoms with Crippen LogP contribution in [0.4, 0.5) is 5.69 Å². The van der Waals surface area contributed by atoms with Crippen molar-refractivity contribution in [3.63, 3.8) is 0 Å². The van der Waals surface area contributed by atoms with Gasteiger partial charge in [-0.15, -0.1) is 0 Å². The maximum absolute atomic E-state index is 13.0. The molecule has 0 aliphatic rings. The highest BCUT2D eigenvalue weighted by Gasteiger charge is 2.13. The van der Waals surface area contributed by atoms with Crippen LogP contribution in [0.1, 0.15) is 41.4 Å². The molecular weight excluding hydrogens is 404 g/mol. The fourth-order valence-corrected chi connectivity index (χ4v) is 2.99. The van der Waals surface area contributed by atoms with Crippen molar-refractivity contribution >= 4 is 17.6 Å². The summed E-state index contributed by atoms with van der Waals surface area (Å²) in [5, 5.41) is 6.09. The van der Waals surface area contributed by atoms with E-state index in [1.54, 1.807) is 38.6 Å². The Kier molecular flexibility index (Phi) is 7.80. The number of carbonyl (C=O) groups excluding carboxylic acids is 1. The van der Waals surface area contributed by atoms with Crippen LogP contribution in [-0.4, -0.2) is 31.1 Å².